The Hall–Kier alpha value is -3.15. The normalized spacial score (nSPS) is 10.5. The molecule has 3 rings (SSSR count). The smallest absolute Gasteiger partial charge is 0.255 e. The molecule has 5 nitrogen and oxygen atoms in total. The maximum absolute atomic E-state index is 13.3. The highest BCUT2D eigenvalue weighted by atomic mass is 19.1. The third kappa shape index (κ3) is 4.03. The molecule has 1 amide bonds. The van der Waals surface area contributed by atoms with Gasteiger partial charge in [0, 0.05) is 18.9 Å². The van der Waals surface area contributed by atoms with Gasteiger partial charge < -0.3 is 10.1 Å². The fourth-order valence-electron chi connectivity index (χ4n) is 2.51. The van der Waals surface area contributed by atoms with Gasteiger partial charge in [-0.1, -0.05) is 12.1 Å². The summed E-state index contributed by atoms with van der Waals surface area (Å²) in [6.45, 7) is 0.444. The molecule has 0 bridgehead atoms. The van der Waals surface area contributed by atoms with Crippen LogP contribution in [0.15, 0.2) is 60.9 Å². The Morgan fingerprint density at radius 3 is 2.72 bits per heavy atom. The zero-order valence-corrected chi connectivity index (χ0v) is 13.8. The SMILES string of the molecule is COc1ccc(F)cc1C(=O)NCCc1ccc(-n2cccn2)cc1. The Morgan fingerprint density at radius 1 is 1.24 bits per heavy atom. The van der Waals surface area contributed by atoms with Crippen LogP contribution in [-0.2, 0) is 6.42 Å². The van der Waals surface area contributed by atoms with Gasteiger partial charge >= 0.3 is 0 Å². The van der Waals surface area contributed by atoms with Crippen molar-refractivity contribution in [3.63, 3.8) is 0 Å². The molecule has 0 saturated heterocycles. The van der Waals surface area contributed by atoms with Gasteiger partial charge in [0.1, 0.15) is 11.6 Å². The number of nitrogens with one attached hydrogen (secondary N) is 1. The molecule has 2 aromatic carbocycles. The Morgan fingerprint density at radius 2 is 2.04 bits per heavy atom. The predicted octanol–water partition coefficient (Wildman–Crippen LogP) is 2.99. The number of hydrogen-bond donors (Lipinski definition) is 1. The number of halogens is 1. The lowest BCUT2D eigenvalue weighted by molar-refractivity contribution is 0.0950. The first-order valence-corrected chi connectivity index (χ1v) is 7.88. The van der Waals surface area contributed by atoms with Crippen molar-refractivity contribution >= 4 is 5.91 Å². The highest BCUT2D eigenvalue weighted by molar-refractivity contribution is 5.96. The number of carbonyl (C=O) groups is 1. The van der Waals surface area contributed by atoms with E-state index in [1.54, 1.807) is 10.9 Å². The Labute approximate surface area is 145 Å². The number of benzene rings is 2. The molecular formula is C19H18FN3O2. The van der Waals surface area contributed by atoms with E-state index in [-0.39, 0.29) is 11.5 Å². The number of nitrogens with zero attached hydrogens (tertiary/aromatic N) is 2. The molecule has 1 heterocycles. The van der Waals surface area contributed by atoms with E-state index in [1.165, 1.54) is 25.3 Å². The number of hydrogen-bond acceptors (Lipinski definition) is 3. The number of rotatable bonds is 6. The van der Waals surface area contributed by atoms with Crippen molar-refractivity contribution in [1.82, 2.24) is 15.1 Å². The first kappa shape index (κ1) is 16.7. The third-order valence-corrected chi connectivity index (χ3v) is 3.81. The van der Waals surface area contributed by atoms with Crippen LogP contribution in [-0.4, -0.2) is 29.3 Å². The van der Waals surface area contributed by atoms with Crippen LogP contribution in [0.5, 0.6) is 5.75 Å². The number of amides is 1. The first-order chi connectivity index (χ1) is 12.2. The van der Waals surface area contributed by atoms with Crippen molar-refractivity contribution < 1.29 is 13.9 Å². The minimum atomic E-state index is -0.472. The molecule has 6 heteroatoms. The molecule has 0 spiro atoms. The Balaban J connectivity index is 1.58. The number of carbonyl (C=O) groups excluding carboxylic acids is 1. The lowest BCUT2D eigenvalue weighted by atomic mass is 10.1. The Bertz CT molecular complexity index is 846. The molecule has 1 N–H and O–H groups in total. The minimum absolute atomic E-state index is 0.191. The highest BCUT2D eigenvalue weighted by Gasteiger charge is 2.12. The van der Waals surface area contributed by atoms with E-state index in [4.69, 9.17) is 4.74 Å². The largest absolute Gasteiger partial charge is 0.496 e. The van der Waals surface area contributed by atoms with Crippen molar-refractivity contribution in [3.05, 3.63) is 77.9 Å². The second kappa shape index (κ2) is 7.61. The second-order valence-electron chi connectivity index (χ2n) is 5.47. The summed E-state index contributed by atoms with van der Waals surface area (Å²) in [5, 5.41) is 6.96. The van der Waals surface area contributed by atoms with Gasteiger partial charge in [0.15, 0.2) is 0 Å². The van der Waals surface area contributed by atoms with E-state index in [0.717, 1.165) is 11.3 Å². The first-order valence-electron chi connectivity index (χ1n) is 7.88. The summed E-state index contributed by atoms with van der Waals surface area (Å²) < 4.78 is 20.2. The van der Waals surface area contributed by atoms with Gasteiger partial charge in [-0.05, 0) is 48.4 Å². The van der Waals surface area contributed by atoms with Gasteiger partial charge in [-0.3, -0.25) is 4.79 Å². The van der Waals surface area contributed by atoms with Crippen LogP contribution in [0.4, 0.5) is 4.39 Å². The van der Waals surface area contributed by atoms with Crippen molar-refractivity contribution in [2.45, 2.75) is 6.42 Å². The molecule has 0 radical (unpaired) electrons. The van der Waals surface area contributed by atoms with E-state index in [9.17, 15) is 9.18 Å². The van der Waals surface area contributed by atoms with E-state index < -0.39 is 5.82 Å². The maximum atomic E-state index is 13.3. The van der Waals surface area contributed by atoms with Gasteiger partial charge in [-0.25, -0.2) is 9.07 Å². The molecule has 1 aromatic heterocycles. The molecular weight excluding hydrogens is 321 g/mol. The van der Waals surface area contributed by atoms with Crippen molar-refractivity contribution in [1.29, 1.82) is 0 Å². The Kier molecular flexibility index (Phi) is 5.09. The zero-order chi connectivity index (χ0) is 17.6. The third-order valence-electron chi connectivity index (χ3n) is 3.81. The van der Waals surface area contributed by atoms with Gasteiger partial charge in [0.05, 0.1) is 18.4 Å². The summed E-state index contributed by atoms with van der Waals surface area (Å²) >= 11 is 0. The van der Waals surface area contributed by atoms with Crippen LogP contribution < -0.4 is 10.1 Å². The summed E-state index contributed by atoms with van der Waals surface area (Å²) in [7, 11) is 1.45. The van der Waals surface area contributed by atoms with Gasteiger partial charge in [0.2, 0.25) is 0 Å². The summed E-state index contributed by atoms with van der Waals surface area (Å²) in [4.78, 5) is 12.2. The van der Waals surface area contributed by atoms with E-state index in [0.29, 0.717) is 18.7 Å². The van der Waals surface area contributed by atoms with E-state index >= 15 is 0 Å². The fraction of sp³-hybridized carbons (Fsp3) is 0.158. The number of ether oxygens (including phenoxy) is 1. The monoisotopic (exact) mass is 339 g/mol. The molecule has 0 aliphatic carbocycles. The molecule has 0 saturated carbocycles. The second-order valence-corrected chi connectivity index (χ2v) is 5.47. The van der Waals surface area contributed by atoms with Crippen LogP contribution in [0, 0.1) is 5.82 Å². The quantitative estimate of drug-likeness (QED) is 0.751. The topological polar surface area (TPSA) is 56.1 Å². The minimum Gasteiger partial charge on any atom is -0.496 e. The van der Waals surface area contributed by atoms with Gasteiger partial charge in [0.25, 0.3) is 5.91 Å². The lowest BCUT2D eigenvalue weighted by Gasteiger charge is -2.10. The molecule has 0 unspecified atom stereocenters. The summed E-state index contributed by atoms with van der Waals surface area (Å²) in [5.41, 5.74) is 2.25. The molecule has 128 valence electrons. The standard InChI is InChI=1S/C19H18FN3O2/c1-25-18-8-5-15(20)13-17(18)19(24)21-11-9-14-3-6-16(7-4-14)23-12-2-10-22-23/h2-8,10,12-13H,9,11H2,1H3,(H,21,24). The van der Waals surface area contributed by atoms with Crippen LogP contribution in [0.25, 0.3) is 5.69 Å². The van der Waals surface area contributed by atoms with E-state index in [2.05, 4.69) is 10.4 Å². The summed E-state index contributed by atoms with van der Waals surface area (Å²) in [6.07, 6.45) is 4.27. The molecule has 3 aromatic rings. The van der Waals surface area contributed by atoms with Crippen molar-refractivity contribution in [3.8, 4) is 11.4 Å². The summed E-state index contributed by atoms with van der Waals surface area (Å²) in [5.74, 6) is -0.479. The van der Waals surface area contributed by atoms with Crippen LogP contribution >= 0.6 is 0 Å². The average Bonchev–Trinajstić information content (AvgIpc) is 3.17. The average molecular weight is 339 g/mol. The lowest BCUT2D eigenvalue weighted by Crippen LogP contribution is -2.26. The molecule has 0 atom stereocenters. The van der Waals surface area contributed by atoms with Crippen LogP contribution in [0.1, 0.15) is 15.9 Å². The van der Waals surface area contributed by atoms with Gasteiger partial charge in [-0.15, -0.1) is 0 Å². The number of aromatic nitrogens is 2. The molecule has 0 aliphatic heterocycles. The zero-order valence-electron chi connectivity index (χ0n) is 13.8. The maximum Gasteiger partial charge on any atom is 0.255 e. The van der Waals surface area contributed by atoms with Crippen LogP contribution in [0.3, 0.4) is 0 Å². The fourth-order valence-corrected chi connectivity index (χ4v) is 2.51. The number of methoxy groups -OCH3 is 1. The van der Waals surface area contributed by atoms with Crippen LogP contribution in [0.2, 0.25) is 0 Å². The highest BCUT2D eigenvalue weighted by Crippen LogP contribution is 2.19. The molecule has 0 fully saturated rings. The van der Waals surface area contributed by atoms with Crippen molar-refractivity contribution in [2.75, 3.05) is 13.7 Å². The van der Waals surface area contributed by atoms with Gasteiger partial charge in [-0.2, -0.15) is 5.10 Å². The predicted molar refractivity (Wildman–Crippen MR) is 92.6 cm³/mol. The van der Waals surface area contributed by atoms with Crippen molar-refractivity contribution in [2.24, 2.45) is 0 Å². The molecule has 0 aliphatic rings. The summed E-state index contributed by atoms with van der Waals surface area (Å²) in [6, 6.07) is 13.7. The van der Waals surface area contributed by atoms with E-state index in [1.807, 2.05) is 36.5 Å². The molecule has 25 heavy (non-hydrogen) atoms.